The number of benzene rings is 1. The zero-order valence-corrected chi connectivity index (χ0v) is 13.9. The van der Waals surface area contributed by atoms with Crippen LogP contribution in [0.1, 0.15) is 44.3 Å². The Labute approximate surface area is 134 Å². The van der Waals surface area contributed by atoms with Crippen LogP contribution in [0.15, 0.2) is 18.2 Å². The SMILES string of the molecule is Cc1ccc(OCc2nc(C)c(C(=O)NC3CC3)s2)cc1C. The van der Waals surface area contributed by atoms with Gasteiger partial charge in [0.25, 0.3) is 5.91 Å². The minimum Gasteiger partial charge on any atom is -0.486 e. The van der Waals surface area contributed by atoms with Crippen molar-refractivity contribution in [1.82, 2.24) is 10.3 Å². The average molecular weight is 316 g/mol. The first-order chi connectivity index (χ1) is 10.5. The van der Waals surface area contributed by atoms with Crippen LogP contribution in [0.25, 0.3) is 0 Å². The summed E-state index contributed by atoms with van der Waals surface area (Å²) in [6.45, 7) is 6.41. The van der Waals surface area contributed by atoms with Crippen molar-refractivity contribution in [3.05, 3.63) is 44.9 Å². The fraction of sp³-hybridized carbons (Fsp3) is 0.412. The van der Waals surface area contributed by atoms with Crippen molar-refractivity contribution >= 4 is 17.2 Å². The number of nitrogens with one attached hydrogen (secondary N) is 1. The molecule has 0 atom stereocenters. The Morgan fingerprint density at radius 2 is 2.09 bits per heavy atom. The summed E-state index contributed by atoms with van der Waals surface area (Å²) >= 11 is 1.42. The van der Waals surface area contributed by atoms with Gasteiger partial charge in [-0.15, -0.1) is 11.3 Å². The molecule has 1 aromatic carbocycles. The second-order valence-electron chi connectivity index (χ2n) is 5.80. The topological polar surface area (TPSA) is 51.2 Å². The van der Waals surface area contributed by atoms with Crippen LogP contribution in [0.5, 0.6) is 5.75 Å². The number of hydrogen-bond donors (Lipinski definition) is 1. The third-order valence-electron chi connectivity index (χ3n) is 3.80. The van der Waals surface area contributed by atoms with E-state index in [9.17, 15) is 4.79 Å². The van der Waals surface area contributed by atoms with Crippen molar-refractivity contribution in [3.8, 4) is 5.75 Å². The van der Waals surface area contributed by atoms with Crippen molar-refractivity contribution in [2.24, 2.45) is 0 Å². The second kappa shape index (κ2) is 6.08. The van der Waals surface area contributed by atoms with E-state index in [0.29, 0.717) is 17.5 Å². The van der Waals surface area contributed by atoms with Gasteiger partial charge in [-0.25, -0.2) is 4.98 Å². The van der Waals surface area contributed by atoms with Crippen LogP contribution < -0.4 is 10.1 Å². The number of rotatable bonds is 5. The molecule has 3 rings (SSSR count). The molecular weight excluding hydrogens is 296 g/mol. The van der Waals surface area contributed by atoms with Gasteiger partial charge in [-0.3, -0.25) is 4.79 Å². The first-order valence-electron chi connectivity index (χ1n) is 7.50. The summed E-state index contributed by atoms with van der Waals surface area (Å²) in [6.07, 6.45) is 2.18. The molecule has 4 nitrogen and oxygen atoms in total. The number of aromatic nitrogens is 1. The lowest BCUT2D eigenvalue weighted by Gasteiger charge is -2.06. The van der Waals surface area contributed by atoms with E-state index in [1.807, 2.05) is 25.1 Å². The van der Waals surface area contributed by atoms with Gasteiger partial charge in [0.1, 0.15) is 22.2 Å². The first-order valence-corrected chi connectivity index (χ1v) is 8.32. The molecule has 22 heavy (non-hydrogen) atoms. The maximum Gasteiger partial charge on any atom is 0.263 e. The van der Waals surface area contributed by atoms with Gasteiger partial charge in [0.05, 0.1) is 5.69 Å². The van der Waals surface area contributed by atoms with Gasteiger partial charge in [-0.05, 0) is 56.9 Å². The van der Waals surface area contributed by atoms with Gasteiger partial charge in [0.2, 0.25) is 0 Å². The average Bonchev–Trinajstić information content (AvgIpc) is 3.21. The van der Waals surface area contributed by atoms with Crippen LogP contribution in [0.4, 0.5) is 0 Å². The first kappa shape index (κ1) is 15.0. The van der Waals surface area contributed by atoms with Gasteiger partial charge >= 0.3 is 0 Å². The third-order valence-corrected chi connectivity index (χ3v) is 4.93. The molecule has 1 aliphatic carbocycles. The standard InChI is InChI=1S/C17H20N2O2S/c1-10-4-7-14(8-11(10)2)21-9-15-18-12(3)16(22-15)17(20)19-13-5-6-13/h4,7-8,13H,5-6,9H2,1-3H3,(H,19,20). The van der Waals surface area contributed by atoms with Crippen LogP contribution in [-0.4, -0.2) is 16.9 Å². The molecule has 5 heteroatoms. The fourth-order valence-electron chi connectivity index (χ4n) is 2.15. The minimum absolute atomic E-state index is 0.00469. The molecule has 1 aromatic heterocycles. The highest BCUT2D eigenvalue weighted by atomic mass is 32.1. The number of ether oxygens (including phenoxy) is 1. The predicted octanol–water partition coefficient (Wildman–Crippen LogP) is 3.54. The maximum atomic E-state index is 12.1. The molecule has 0 spiro atoms. The second-order valence-corrected chi connectivity index (χ2v) is 6.89. The Hall–Kier alpha value is -1.88. The van der Waals surface area contributed by atoms with Crippen LogP contribution in [0.3, 0.4) is 0 Å². The van der Waals surface area contributed by atoms with Crippen LogP contribution in [-0.2, 0) is 6.61 Å². The number of hydrogen-bond acceptors (Lipinski definition) is 4. The summed E-state index contributed by atoms with van der Waals surface area (Å²) in [7, 11) is 0. The quantitative estimate of drug-likeness (QED) is 0.918. The highest BCUT2D eigenvalue weighted by molar-refractivity contribution is 7.13. The monoisotopic (exact) mass is 316 g/mol. The van der Waals surface area contributed by atoms with Gasteiger partial charge in [0.15, 0.2) is 0 Å². The third kappa shape index (κ3) is 3.47. The molecule has 1 N–H and O–H groups in total. The molecule has 1 amide bonds. The van der Waals surface area contributed by atoms with E-state index >= 15 is 0 Å². The van der Waals surface area contributed by atoms with E-state index in [1.165, 1.54) is 22.5 Å². The lowest BCUT2D eigenvalue weighted by Crippen LogP contribution is -2.25. The number of thiazole rings is 1. The predicted molar refractivity (Wildman–Crippen MR) is 87.6 cm³/mol. The van der Waals surface area contributed by atoms with Gasteiger partial charge in [-0.2, -0.15) is 0 Å². The highest BCUT2D eigenvalue weighted by Crippen LogP contribution is 2.24. The smallest absolute Gasteiger partial charge is 0.263 e. The Kier molecular flexibility index (Phi) is 4.16. The number of carbonyl (C=O) groups is 1. The van der Waals surface area contributed by atoms with Crippen molar-refractivity contribution < 1.29 is 9.53 Å². The fourth-order valence-corrected chi connectivity index (χ4v) is 3.03. The summed E-state index contributed by atoms with van der Waals surface area (Å²) in [4.78, 5) is 17.3. The van der Waals surface area contributed by atoms with Gasteiger partial charge in [0, 0.05) is 6.04 Å². The molecule has 0 aliphatic heterocycles. The molecule has 0 saturated heterocycles. The number of carbonyl (C=O) groups excluding carboxylic acids is 1. The summed E-state index contributed by atoms with van der Waals surface area (Å²) in [5.41, 5.74) is 3.23. The van der Waals surface area contributed by atoms with Crippen LogP contribution in [0, 0.1) is 20.8 Å². The number of nitrogens with zero attached hydrogens (tertiary/aromatic N) is 1. The molecule has 2 aromatic rings. The zero-order valence-electron chi connectivity index (χ0n) is 13.1. The van der Waals surface area contributed by atoms with E-state index in [4.69, 9.17) is 4.74 Å². The lowest BCUT2D eigenvalue weighted by atomic mass is 10.1. The van der Waals surface area contributed by atoms with Crippen molar-refractivity contribution in [1.29, 1.82) is 0 Å². The van der Waals surface area contributed by atoms with Gasteiger partial charge in [-0.1, -0.05) is 6.07 Å². The lowest BCUT2D eigenvalue weighted by molar-refractivity contribution is 0.0954. The summed E-state index contributed by atoms with van der Waals surface area (Å²) in [5.74, 6) is 0.829. The van der Waals surface area contributed by atoms with Crippen LogP contribution in [0.2, 0.25) is 0 Å². The Morgan fingerprint density at radius 1 is 1.32 bits per heavy atom. The zero-order chi connectivity index (χ0) is 15.7. The number of aryl methyl sites for hydroxylation is 3. The Balaban J connectivity index is 1.65. The Bertz CT molecular complexity index is 705. The van der Waals surface area contributed by atoms with Crippen LogP contribution >= 0.6 is 11.3 Å². The number of amides is 1. The molecule has 0 unspecified atom stereocenters. The summed E-state index contributed by atoms with van der Waals surface area (Å²) < 4.78 is 5.79. The maximum absolute atomic E-state index is 12.1. The summed E-state index contributed by atoms with van der Waals surface area (Å²) in [6, 6.07) is 6.40. The summed E-state index contributed by atoms with van der Waals surface area (Å²) in [5, 5.41) is 3.83. The minimum atomic E-state index is -0.00469. The van der Waals surface area contributed by atoms with E-state index in [0.717, 1.165) is 29.3 Å². The van der Waals surface area contributed by atoms with E-state index < -0.39 is 0 Å². The molecule has 1 heterocycles. The van der Waals surface area contributed by atoms with E-state index in [1.54, 1.807) is 0 Å². The highest BCUT2D eigenvalue weighted by Gasteiger charge is 2.25. The normalized spacial score (nSPS) is 14.0. The van der Waals surface area contributed by atoms with Crippen molar-refractivity contribution in [2.75, 3.05) is 0 Å². The van der Waals surface area contributed by atoms with Crippen molar-refractivity contribution in [3.63, 3.8) is 0 Å². The molecule has 0 bridgehead atoms. The molecule has 1 aliphatic rings. The van der Waals surface area contributed by atoms with Gasteiger partial charge < -0.3 is 10.1 Å². The molecule has 1 fully saturated rings. The molecule has 116 valence electrons. The Morgan fingerprint density at radius 3 is 2.77 bits per heavy atom. The van der Waals surface area contributed by atoms with Crippen molar-refractivity contribution in [2.45, 2.75) is 46.3 Å². The largest absolute Gasteiger partial charge is 0.486 e. The molecule has 0 radical (unpaired) electrons. The molecule has 1 saturated carbocycles. The van der Waals surface area contributed by atoms with E-state index in [-0.39, 0.29) is 5.91 Å². The molecular formula is C17H20N2O2S. The van der Waals surface area contributed by atoms with E-state index in [2.05, 4.69) is 24.1 Å².